The van der Waals surface area contributed by atoms with E-state index >= 15 is 0 Å². The number of carbonyl (C=O) groups is 1. The molecule has 1 amide bonds. The molecule has 0 saturated heterocycles. The van der Waals surface area contributed by atoms with Crippen LogP contribution < -0.4 is 10.1 Å². The summed E-state index contributed by atoms with van der Waals surface area (Å²) < 4.78 is 5.65. The number of hydrogen-bond donors (Lipinski definition) is 1. The van der Waals surface area contributed by atoms with Crippen LogP contribution in [-0.2, 0) is 4.79 Å². The van der Waals surface area contributed by atoms with Gasteiger partial charge < -0.3 is 10.1 Å². The van der Waals surface area contributed by atoms with Crippen molar-refractivity contribution in [2.24, 2.45) is 0 Å². The zero-order valence-corrected chi connectivity index (χ0v) is 13.6. The van der Waals surface area contributed by atoms with Crippen molar-refractivity contribution in [3.8, 4) is 5.75 Å². The number of benzene rings is 1. The highest BCUT2D eigenvalue weighted by molar-refractivity contribution is 6.29. The molecule has 2 rings (SSSR count). The van der Waals surface area contributed by atoms with Gasteiger partial charge in [-0.1, -0.05) is 37.6 Å². The topological polar surface area (TPSA) is 51.2 Å². The van der Waals surface area contributed by atoms with Gasteiger partial charge >= 0.3 is 0 Å². The molecule has 0 aliphatic carbocycles. The Morgan fingerprint density at radius 2 is 1.82 bits per heavy atom. The number of anilines is 1. The van der Waals surface area contributed by atoms with E-state index in [4.69, 9.17) is 16.3 Å². The van der Waals surface area contributed by atoms with E-state index in [1.165, 1.54) is 11.8 Å². The maximum Gasteiger partial charge on any atom is 0.265 e. The molecule has 1 heterocycles. The van der Waals surface area contributed by atoms with Crippen LogP contribution in [0.1, 0.15) is 32.3 Å². The molecule has 1 aromatic heterocycles. The van der Waals surface area contributed by atoms with Crippen LogP contribution in [0.3, 0.4) is 0 Å². The molecule has 0 aliphatic heterocycles. The zero-order chi connectivity index (χ0) is 16.1. The van der Waals surface area contributed by atoms with E-state index in [0.29, 0.717) is 22.5 Å². The van der Waals surface area contributed by atoms with Crippen LogP contribution in [0, 0.1) is 0 Å². The molecular formula is C17H19ClN2O2. The normalized spacial score (nSPS) is 12.0. The standard InChI is InChI=1S/C17H19ClN2O2/c1-11(2)13-4-7-15(8-5-13)22-12(3)17(21)20-14-6-9-16(18)19-10-14/h4-12H,1-3H3,(H,20,21). The van der Waals surface area contributed by atoms with Crippen molar-refractivity contribution in [2.45, 2.75) is 32.8 Å². The Bertz CT molecular complexity index is 624. The summed E-state index contributed by atoms with van der Waals surface area (Å²) in [6.45, 7) is 5.97. The molecule has 0 fully saturated rings. The summed E-state index contributed by atoms with van der Waals surface area (Å²) in [4.78, 5) is 16.0. The predicted molar refractivity (Wildman–Crippen MR) is 88.5 cm³/mol. The van der Waals surface area contributed by atoms with Gasteiger partial charge in [0.25, 0.3) is 5.91 Å². The number of rotatable bonds is 5. The number of pyridine rings is 1. The lowest BCUT2D eigenvalue weighted by molar-refractivity contribution is -0.122. The van der Waals surface area contributed by atoms with Gasteiger partial charge in [-0.15, -0.1) is 0 Å². The largest absolute Gasteiger partial charge is 0.481 e. The highest BCUT2D eigenvalue weighted by Crippen LogP contribution is 2.19. The molecule has 1 N–H and O–H groups in total. The molecule has 5 heteroatoms. The third-order valence-corrected chi connectivity index (χ3v) is 3.45. The summed E-state index contributed by atoms with van der Waals surface area (Å²) in [5.41, 5.74) is 1.82. The fourth-order valence-corrected chi connectivity index (χ4v) is 1.99. The van der Waals surface area contributed by atoms with Crippen LogP contribution in [-0.4, -0.2) is 17.0 Å². The third-order valence-electron chi connectivity index (χ3n) is 3.22. The maximum atomic E-state index is 12.1. The van der Waals surface area contributed by atoms with Crippen LogP contribution in [0.5, 0.6) is 5.75 Å². The first-order valence-corrected chi connectivity index (χ1v) is 7.52. The fraction of sp³-hybridized carbons (Fsp3) is 0.294. The molecule has 4 nitrogen and oxygen atoms in total. The second kappa shape index (κ2) is 7.27. The lowest BCUT2D eigenvalue weighted by Gasteiger charge is -2.15. The van der Waals surface area contributed by atoms with E-state index in [-0.39, 0.29) is 5.91 Å². The summed E-state index contributed by atoms with van der Waals surface area (Å²) in [6.07, 6.45) is 0.894. The summed E-state index contributed by atoms with van der Waals surface area (Å²) >= 11 is 5.70. The van der Waals surface area contributed by atoms with Gasteiger partial charge in [0, 0.05) is 0 Å². The van der Waals surface area contributed by atoms with Gasteiger partial charge in [0.1, 0.15) is 10.9 Å². The number of amides is 1. The maximum absolute atomic E-state index is 12.1. The van der Waals surface area contributed by atoms with E-state index in [9.17, 15) is 4.79 Å². The molecule has 1 atom stereocenters. The number of halogens is 1. The molecule has 22 heavy (non-hydrogen) atoms. The number of hydrogen-bond acceptors (Lipinski definition) is 3. The minimum atomic E-state index is -0.611. The van der Waals surface area contributed by atoms with Crippen LogP contribution in [0.15, 0.2) is 42.6 Å². The van der Waals surface area contributed by atoms with Crippen molar-refractivity contribution in [2.75, 3.05) is 5.32 Å². The van der Waals surface area contributed by atoms with Crippen molar-refractivity contribution in [3.05, 3.63) is 53.3 Å². The molecule has 0 bridgehead atoms. The molecule has 1 aromatic carbocycles. The van der Waals surface area contributed by atoms with Gasteiger partial charge in [0.2, 0.25) is 0 Å². The molecule has 0 radical (unpaired) electrons. The monoisotopic (exact) mass is 318 g/mol. The van der Waals surface area contributed by atoms with Gasteiger partial charge in [-0.2, -0.15) is 0 Å². The number of nitrogens with one attached hydrogen (secondary N) is 1. The number of nitrogens with zero attached hydrogens (tertiary/aromatic N) is 1. The van der Waals surface area contributed by atoms with E-state index in [1.807, 2.05) is 24.3 Å². The zero-order valence-electron chi connectivity index (χ0n) is 12.8. The van der Waals surface area contributed by atoms with Crippen molar-refractivity contribution < 1.29 is 9.53 Å². The van der Waals surface area contributed by atoms with Crippen molar-refractivity contribution in [3.63, 3.8) is 0 Å². The minimum absolute atomic E-state index is 0.239. The lowest BCUT2D eigenvalue weighted by atomic mass is 10.0. The van der Waals surface area contributed by atoms with E-state index in [2.05, 4.69) is 24.1 Å². The highest BCUT2D eigenvalue weighted by atomic mass is 35.5. The van der Waals surface area contributed by atoms with Crippen LogP contribution >= 0.6 is 11.6 Å². The molecular weight excluding hydrogens is 300 g/mol. The van der Waals surface area contributed by atoms with E-state index in [0.717, 1.165) is 0 Å². The van der Waals surface area contributed by atoms with Gasteiger partial charge in [-0.3, -0.25) is 4.79 Å². The van der Waals surface area contributed by atoms with E-state index < -0.39 is 6.10 Å². The van der Waals surface area contributed by atoms with Crippen LogP contribution in [0.2, 0.25) is 5.15 Å². The van der Waals surface area contributed by atoms with Gasteiger partial charge in [0.05, 0.1) is 11.9 Å². The van der Waals surface area contributed by atoms with Gasteiger partial charge in [0.15, 0.2) is 6.10 Å². The first-order chi connectivity index (χ1) is 10.5. The Balaban J connectivity index is 1.94. The first kappa shape index (κ1) is 16.3. The fourth-order valence-electron chi connectivity index (χ4n) is 1.88. The second-order valence-corrected chi connectivity index (χ2v) is 5.73. The summed E-state index contributed by atoms with van der Waals surface area (Å²) in [5, 5.41) is 3.12. The highest BCUT2D eigenvalue weighted by Gasteiger charge is 2.15. The van der Waals surface area contributed by atoms with E-state index in [1.54, 1.807) is 19.1 Å². The molecule has 1 unspecified atom stereocenters. The Kier molecular flexibility index (Phi) is 5.39. The van der Waals surface area contributed by atoms with Crippen molar-refractivity contribution in [1.82, 2.24) is 4.98 Å². The average molecular weight is 319 g/mol. The molecule has 2 aromatic rings. The Morgan fingerprint density at radius 3 is 2.36 bits per heavy atom. The summed E-state index contributed by atoms with van der Waals surface area (Å²) in [5.74, 6) is 0.894. The number of aromatic nitrogens is 1. The number of ether oxygens (including phenoxy) is 1. The molecule has 116 valence electrons. The SMILES string of the molecule is CC(Oc1ccc(C(C)C)cc1)C(=O)Nc1ccc(Cl)nc1. The average Bonchev–Trinajstić information content (AvgIpc) is 2.50. The first-order valence-electron chi connectivity index (χ1n) is 7.14. The van der Waals surface area contributed by atoms with Crippen molar-refractivity contribution in [1.29, 1.82) is 0 Å². The number of carbonyl (C=O) groups excluding carboxylic acids is 1. The Hall–Kier alpha value is -2.07. The van der Waals surface area contributed by atoms with Crippen LogP contribution in [0.25, 0.3) is 0 Å². The van der Waals surface area contributed by atoms with Crippen molar-refractivity contribution >= 4 is 23.2 Å². The summed E-state index contributed by atoms with van der Waals surface area (Å²) in [6, 6.07) is 11.1. The minimum Gasteiger partial charge on any atom is -0.481 e. The van der Waals surface area contributed by atoms with Crippen LogP contribution in [0.4, 0.5) is 5.69 Å². The van der Waals surface area contributed by atoms with Gasteiger partial charge in [-0.25, -0.2) is 4.98 Å². The molecule has 0 spiro atoms. The Morgan fingerprint density at radius 1 is 1.14 bits per heavy atom. The molecule has 0 saturated carbocycles. The third kappa shape index (κ3) is 4.46. The second-order valence-electron chi connectivity index (χ2n) is 5.34. The predicted octanol–water partition coefficient (Wildman–Crippen LogP) is 4.26. The van der Waals surface area contributed by atoms with Gasteiger partial charge in [-0.05, 0) is 42.7 Å². The quantitative estimate of drug-likeness (QED) is 0.838. The summed E-state index contributed by atoms with van der Waals surface area (Å²) in [7, 11) is 0. The Labute approximate surface area is 135 Å². The smallest absolute Gasteiger partial charge is 0.265 e. The molecule has 0 aliphatic rings. The lowest BCUT2D eigenvalue weighted by Crippen LogP contribution is -2.30.